The van der Waals surface area contributed by atoms with Gasteiger partial charge in [-0.2, -0.15) is 0 Å². The molecule has 0 aromatic rings. The van der Waals surface area contributed by atoms with E-state index in [1.54, 1.807) is 0 Å². The molecular formula is C15H34N2. The summed E-state index contributed by atoms with van der Waals surface area (Å²) < 4.78 is 0. The Labute approximate surface area is 109 Å². The summed E-state index contributed by atoms with van der Waals surface area (Å²) in [6.45, 7) is 10.2. The van der Waals surface area contributed by atoms with Crippen molar-refractivity contribution < 1.29 is 0 Å². The van der Waals surface area contributed by atoms with Crippen LogP contribution in [0.5, 0.6) is 0 Å². The van der Waals surface area contributed by atoms with Gasteiger partial charge in [-0.1, -0.05) is 51.9 Å². The van der Waals surface area contributed by atoms with Crippen LogP contribution >= 0.6 is 0 Å². The Morgan fingerprint density at radius 3 is 1.71 bits per heavy atom. The molecule has 17 heavy (non-hydrogen) atoms. The SMILES string of the molecule is CCCCCCCCCCN(NC)C(C)(C)C. The van der Waals surface area contributed by atoms with Crippen LogP contribution in [0.3, 0.4) is 0 Å². The van der Waals surface area contributed by atoms with Crippen molar-refractivity contribution in [3.05, 3.63) is 0 Å². The first kappa shape index (κ1) is 16.9. The van der Waals surface area contributed by atoms with Crippen molar-refractivity contribution in [3.63, 3.8) is 0 Å². The van der Waals surface area contributed by atoms with E-state index in [2.05, 4.69) is 38.1 Å². The molecule has 0 rings (SSSR count). The van der Waals surface area contributed by atoms with Gasteiger partial charge >= 0.3 is 0 Å². The third-order valence-corrected chi connectivity index (χ3v) is 3.31. The molecule has 0 fully saturated rings. The summed E-state index contributed by atoms with van der Waals surface area (Å²) in [5.74, 6) is 0. The van der Waals surface area contributed by atoms with Crippen LogP contribution in [0.1, 0.15) is 79.1 Å². The van der Waals surface area contributed by atoms with Gasteiger partial charge in [0.25, 0.3) is 0 Å². The molecule has 0 aliphatic carbocycles. The molecule has 0 saturated heterocycles. The minimum absolute atomic E-state index is 0.232. The molecule has 0 saturated carbocycles. The van der Waals surface area contributed by atoms with Crippen LogP contribution < -0.4 is 5.43 Å². The first-order valence-electron chi connectivity index (χ1n) is 7.47. The molecule has 0 atom stereocenters. The minimum atomic E-state index is 0.232. The Bertz CT molecular complexity index is 161. The molecular weight excluding hydrogens is 208 g/mol. The highest BCUT2D eigenvalue weighted by Crippen LogP contribution is 2.13. The Balaban J connectivity index is 3.38. The predicted octanol–water partition coefficient (Wildman–Crippen LogP) is 4.36. The van der Waals surface area contributed by atoms with Crippen molar-refractivity contribution in [1.29, 1.82) is 0 Å². The van der Waals surface area contributed by atoms with Crippen LogP contribution in [0.2, 0.25) is 0 Å². The predicted molar refractivity (Wildman–Crippen MR) is 78.1 cm³/mol. The Morgan fingerprint density at radius 2 is 1.29 bits per heavy atom. The number of rotatable bonds is 10. The summed E-state index contributed by atoms with van der Waals surface area (Å²) in [6.07, 6.45) is 11.1. The van der Waals surface area contributed by atoms with Crippen molar-refractivity contribution >= 4 is 0 Å². The average Bonchev–Trinajstić information content (AvgIpc) is 2.25. The fourth-order valence-electron chi connectivity index (χ4n) is 2.19. The molecule has 0 aliphatic heterocycles. The quantitative estimate of drug-likeness (QED) is 0.452. The highest BCUT2D eigenvalue weighted by Gasteiger charge is 2.18. The molecule has 0 heterocycles. The Hall–Kier alpha value is -0.0800. The van der Waals surface area contributed by atoms with Gasteiger partial charge < -0.3 is 0 Å². The highest BCUT2D eigenvalue weighted by molar-refractivity contribution is 4.71. The molecule has 0 aromatic heterocycles. The maximum absolute atomic E-state index is 3.29. The lowest BCUT2D eigenvalue weighted by molar-refractivity contribution is 0.0826. The summed E-state index contributed by atoms with van der Waals surface area (Å²) in [5.41, 5.74) is 3.53. The van der Waals surface area contributed by atoms with Gasteiger partial charge in [0.1, 0.15) is 0 Å². The number of nitrogens with zero attached hydrogens (tertiary/aromatic N) is 1. The van der Waals surface area contributed by atoms with E-state index in [1.165, 1.54) is 51.4 Å². The zero-order valence-electron chi connectivity index (χ0n) is 12.8. The summed E-state index contributed by atoms with van der Waals surface area (Å²) >= 11 is 0. The number of unbranched alkanes of at least 4 members (excludes halogenated alkanes) is 7. The normalized spacial score (nSPS) is 12.4. The third-order valence-electron chi connectivity index (χ3n) is 3.31. The molecule has 2 nitrogen and oxygen atoms in total. The average molecular weight is 242 g/mol. The topological polar surface area (TPSA) is 15.3 Å². The standard InChI is InChI=1S/C15H34N2/c1-6-7-8-9-10-11-12-13-14-17(16-5)15(2,3)4/h16H,6-14H2,1-5H3. The summed E-state index contributed by atoms with van der Waals surface area (Å²) in [5, 5.41) is 2.34. The van der Waals surface area contributed by atoms with Gasteiger partial charge in [0.05, 0.1) is 0 Å². The molecule has 0 unspecified atom stereocenters. The second-order valence-electron chi connectivity index (χ2n) is 6.02. The maximum Gasteiger partial charge on any atom is 0.0269 e. The van der Waals surface area contributed by atoms with Crippen molar-refractivity contribution in [1.82, 2.24) is 10.4 Å². The lowest BCUT2D eigenvalue weighted by Crippen LogP contribution is -2.49. The molecule has 104 valence electrons. The van der Waals surface area contributed by atoms with Crippen LogP contribution in [-0.2, 0) is 0 Å². The summed E-state index contributed by atoms with van der Waals surface area (Å²) in [4.78, 5) is 0. The lowest BCUT2D eigenvalue weighted by Gasteiger charge is -2.34. The first-order chi connectivity index (χ1) is 8.02. The van der Waals surface area contributed by atoms with E-state index in [4.69, 9.17) is 0 Å². The molecule has 0 amide bonds. The van der Waals surface area contributed by atoms with Gasteiger partial charge in [-0.15, -0.1) is 0 Å². The van der Waals surface area contributed by atoms with E-state index >= 15 is 0 Å². The molecule has 1 N–H and O–H groups in total. The van der Waals surface area contributed by atoms with E-state index < -0.39 is 0 Å². The van der Waals surface area contributed by atoms with Gasteiger partial charge in [-0.3, -0.25) is 5.43 Å². The van der Waals surface area contributed by atoms with Crippen molar-refractivity contribution in [3.8, 4) is 0 Å². The summed E-state index contributed by atoms with van der Waals surface area (Å²) in [7, 11) is 2.02. The van der Waals surface area contributed by atoms with Crippen LogP contribution in [0.15, 0.2) is 0 Å². The second kappa shape index (κ2) is 9.90. The van der Waals surface area contributed by atoms with Crippen LogP contribution in [0.25, 0.3) is 0 Å². The monoisotopic (exact) mass is 242 g/mol. The van der Waals surface area contributed by atoms with Gasteiger partial charge in [0.15, 0.2) is 0 Å². The number of nitrogens with one attached hydrogen (secondary N) is 1. The van der Waals surface area contributed by atoms with E-state index in [0.29, 0.717) is 0 Å². The van der Waals surface area contributed by atoms with Crippen LogP contribution in [0.4, 0.5) is 0 Å². The minimum Gasteiger partial charge on any atom is -0.258 e. The fourth-order valence-corrected chi connectivity index (χ4v) is 2.19. The zero-order chi connectivity index (χ0) is 13.1. The second-order valence-corrected chi connectivity index (χ2v) is 6.02. The lowest BCUT2D eigenvalue weighted by atomic mass is 10.1. The van der Waals surface area contributed by atoms with Crippen LogP contribution in [-0.4, -0.2) is 24.1 Å². The molecule has 2 heteroatoms. The van der Waals surface area contributed by atoms with Crippen molar-refractivity contribution in [2.45, 2.75) is 84.6 Å². The largest absolute Gasteiger partial charge is 0.258 e. The highest BCUT2D eigenvalue weighted by atomic mass is 15.5. The number of hydrogen-bond acceptors (Lipinski definition) is 2. The van der Waals surface area contributed by atoms with Gasteiger partial charge in [0.2, 0.25) is 0 Å². The fraction of sp³-hybridized carbons (Fsp3) is 1.00. The van der Waals surface area contributed by atoms with E-state index in [-0.39, 0.29) is 5.54 Å². The van der Waals surface area contributed by atoms with E-state index in [9.17, 15) is 0 Å². The Kier molecular flexibility index (Phi) is 9.85. The smallest absolute Gasteiger partial charge is 0.0269 e. The van der Waals surface area contributed by atoms with Gasteiger partial charge in [-0.05, 0) is 34.2 Å². The van der Waals surface area contributed by atoms with Crippen molar-refractivity contribution in [2.24, 2.45) is 0 Å². The third kappa shape index (κ3) is 9.61. The molecule has 0 bridgehead atoms. The Morgan fingerprint density at radius 1 is 0.824 bits per heavy atom. The molecule has 0 radical (unpaired) electrons. The number of hydrogen-bond donors (Lipinski definition) is 1. The first-order valence-corrected chi connectivity index (χ1v) is 7.47. The molecule has 0 aromatic carbocycles. The zero-order valence-corrected chi connectivity index (χ0v) is 12.8. The van der Waals surface area contributed by atoms with E-state index in [0.717, 1.165) is 6.54 Å². The molecule has 0 aliphatic rings. The summed E-state index contributed by atoms with van der Waals surface area (Å²) in [6, 6.07) is 0. The van der Waals surface area contributed by atoms with Crippen molar-refractivity contribution in [2.75, 3.05) is 13.6 Å². The maximum atomic E-state index is 3.29. The van der Waals surface area contributed by atoms with Gasteiger partial charge in [-0.25, -0.2) is 5.01 Å². The number of hydrazine groups is 1. The van der Waals surface area contributed by atoms with E-state index in [1.807, 2.05) is 7.05 Å². The van der Waals surface area contributed by atoms with Gasteiger partial charge in [0, 0.05) is 12.1 Å². The molecule has 0 spiro atoms. The van der Waals surface area contributed by atoms with Crippen LogP contribution in [0, 0.1) is 0 Å².